The van der Waals surface area contributed by atoms with E-state index < -0.39 is 0 Å². The Morgan fingerprint density at radius 1 is 1.28 bits per heavy atom. The van der Waals surface area contributed by atoms with Gasteiger partial charge in [-0.3, -0.25) is 0 Å². The van der Waals surface area contributed by atoms with Gasteiger partial charge in [-0.2, -0.15) is 9.97 Å². The number of anilines is 1. The molecule has 0 aliphatic heterocycles. The third kappa shape index (κ3) is 4.37. The normalized spacial score (nSPS) is 12.0. The molecule has 0 aliphatic carbocycles. The maximum absolute atomic E-state index is 5.72. The molecule has 1 aromatic heterocycles. The first kappa shape index (κ1) is 14.5. The van der Waals surface area contributed by atoms with Crippen LogP contribution in [0.2, 0.25) is 0 Å². The fourth-order valence-corrected chi connectivity index (χ4v) is 1.56. The molecule has 0 fully saturated rings. The summed E-state index contributed by atoms with van der Waals surface area (Å²) in [5.41, 5.74) is 5.72. The van der Waals surface area contributed by atoms with Gasteiger partial charge in [0.15, 0.2) is 0 Å². The van der Waals surface area contributed by atoms with Gasteiger partial charge in [0.05, 0.1) is 20.3 Å². The minimum absolute atomic E-state index is 0.168. The monoisotopic (exact) mass is 254 g/mol. The van der Waals surface area contributed by atoms with Crippen molar-refractivity contribution in [1.82, 2.24) is 9.97 Å². The summed E-state index contributed by atoms with van der Waals surface area (Å²) >= 11 is 0. The molecule has 0 spiro atoms. The highest BCUT2D eigenvalue weighted by Crippen LogP contribution is 2.18. The van der Waals surface area contributed by atoms with Gasteiger partial charge in [-0.05, 0) is 6.42 Å². The number of aromatic nitrogens is 2. The lowest BCUT2D eigenvalue weighted by atomic mass is 10.1. The van der Waals surface area contributed by atoms with Crippen LogP contribution in [-0.2, 0) is 0 Å². The van der Waals surface area contributed by atoms with Crippen molar-refractivity contribution in [2.24, 2.45) is 5.73 Å². The van der Waals surface area contributed by atoms with Gasteiger partial charge in [-0.1, -0.05) is 19.8 Å². The van der Waals surface area contributed by atoms with Crippen molar-refractivity contribution in [3.05, 3.63) is 6.07 Å². The maximum Gasteiger partial charge on any atom is 0.229 e. The van der Waals surface area contributed by atoms with E-state index in [-0.39, 0.29) is 6.04 Å². The fourth-order valence-electron chi connectivity index (χ4n) is 1.56. The van der Waals surface area contributed by atoms with Crippen molar-refractivity contribution in [3.63, 3.8) is 0 Å². The molecule has 1 heterocycles. The van der Waals surface area contributed by atoms with Crippen molar-refractivity contribution in [1.29, 1.82) is 0 Å². The molecule has 0 amide bonds. The number of hydrogen-bond donors (Lipinski definition) is 2. The highest BCUT2D eigenvalue weighted by atomic mass is 16.5. The Morgan fingerprint density at radius 2 is 1.89 bits per heavy atom. The summed E-state index contributed by atoms with van der Waals surface area (Å²) in [6.07, 6.45) is 3.26. The zero-order valence-corrected chi connectivity index (χ0v) is 11.3. The number of nitrogens with two attached hydrogens (primary N) is 1. The highest BCUT2D eigenvalue weighted by molar-refractivity contribution is 5.34. The van der Waals surface area contributed by atoms with Crippen LogP contribution in [0, 0.1) is 0 Å². The number of nitrogens with zero attached hydrogens (tertiary/aromatic N) is 2. The Bertz CT molecular complexity index is 338. The van der Waals surface area contributed by atoms with E-state index in [1.165, 1.54) is 0 Å². The van der Waals surface area contributed by atoms with Gasteiger partial charge < -0.3 is 20.5 Å². The minimum atomic E-state index is 0.168. The molecule has 0 bridgehead atoms. The predicted octanol–water partition coefficient (Wildman–Crippen LogP) is 1.42. The summed E-state index contributed by atoms with van der Waals surface area (Å²) in [6, 6.07) is 1.80. The first-order valence-corrected chi connectivity index (χ1v) is 6.17. The van der Waals surface area contributed by atoms with Crippen molar-refractivity contribution in [2.75, 3.05) is 26.1 Å². The third-order valence-electron chi connectivity index (χ3n) is 2.62. The van der Waals surface area contributed by atoms with E-state index in [0.717, 1.165) is 19.3 Å². The SMILES string of the molecule is CCCCC(CN)Nc1nc(OC)cc(OC)n1. The van der Waals surface area contributed by atoms with Crippen LogP contribution in [0.4, 0.5) is 5.95 Å². The molecule has 0 saturated heterocycles. The summed E-state index contributed by atoms with van der Waals surface area (Å²) in [5, 5.41) is 3.21. The van der Waals surface area contributed by atoms with E-state index in [2.05, 4.69) is 22.2 Å². The van der Waals surface area contributed by atoms with Crippen LogP contribution < -0.4 is 20.5 Å². The zero-order chi connectivity index (χ0) is 13.4. The van der Waals surface area contributed by atoms with Gasteiger partial charge in [0.2, 0.25) is 17.7 Å². The predicted molar refractivity (Wildman–Crippen MR) is 71.1 cm³/mol. The van der Waals surface area contributed by atoms with E-state index in [4.69, 9.17) is 15.2 Å². The number of methoxy groups -OCH3 is 2. The van der Waals surface area contributed by atoms with Crippen LogP contribution in [0.15, 0.2) is 6.07 Å². The lowest BCUT2D eigenvalue weighted by Gasteiger charge is -2.17. The molecule has 6 heteroatoms. The van der Waals surface area contributed by atoms with E-state index in [1.807, 2.05) is 0 Å². The average molecular weight is 254 g/mol. The second-order valence-electron chi connectivity index (χ2n) is 4.00. The molecule has 1 aromatic rings. The Morgan fingerprint density at radius 3 is 2.33 bits per heavy atom. The lowest BCUT2D eigenvalue weighted by Crippen LogP contribution is -2.29. The summed E-state index contributed by atoms with van der Waals surface area (Å²) < 4.78 is 10.2. The Hall–Kier alpha value is -1.56. The standard InChI is InChI=1S/C12H22N4O2/c1-4-5-6-9(8-13)14-12-15-10(17-2)7-11(16-12)18-3/h7,9H,4-6,8,13H2,1-3H3,(H,14,15,16). The molecule has 0 radical (unpaired) electrons. The highest BCUT2D eigenvalue weighted by Gasteiger charge is 2.10. The lowest BCUT2D eigenvalue weighted by molar-refractivity contribution is 0.372. The number of nitrogens with one attached hydrogen (secondary N) is 1. The maximum atomic E-state index is 5.72. The molecule has 3 N–H and O–H groups in total. The summed E-state index contributed by atoms with van der Waals surface area (Å²) in [7, 11) is 3.12. The number of unbranched alkanes of at least 4 members (excludes halogenated alkanes) is 1. The molecule has 0 aromatic carbocycles. The molecule has 0 saturated carbocycles. The summed E-state index contributed by atoms with van der Waals surface area (Å²) in [4.78, 5) is 8.43. The van der Waals surface area contributed by atoms with Crippen LogP contribution in [0.25, 0.3) is 0 Å². The van der Waals surface area contributed by atoms with Crippen LogP contribution >= 0.6 is 0 Å². The fraction of sp³-hybridized carbons (Fsp3) is 0.667. The van der Waals surface area contributed by atoms with Gasteiger partial charge >= 0.3 is 0 Å². The molecule has 1 rings (SSSR count). The smallest absolute Gasteiger partial charge is 0.229 e. The number of ether oxygens (including phenoxy) is 2. The Labute approximate surface area is 108 Å². The van der Waals surface area contributed by atoms with E-state index >= 15 is 0 Å². The van der Waals surface area contributed by atoms with E-state index in [9.17, 15) is 0 Å². The number of hydrogen-bond acceptors (Lipinski definition) is 6. The van der Waals surface area contributed by atoms with Gasteiger partial charge in [-0.25, -0.2) is 0 Å². The molecular weight excluding hydrogens is 232 g/mol. The van der Waals surface area contributed by atoms with Crippen LogP contribution in [0.5, 0.6) is 11.8 Å². The number of rotatable bonds is 8. The summed E-state index contributed by atoms with van der Waals surface area (Å²) in [5.74, 6) is 1.42. The Balaban J connectivity index is 2.74. The first-order chi connectivity index (χ1) is 8.73. The molecule has 0 aliphatic rings. The van der Waals surface area contributed by atoms with Crippen LogP contribution in [0.1, 0.15) is 26.2 Å². The first-order valence-electron chi connectivity index (χ1n) is 6.17. The van der Waals surface area contributed by atoms with Crippen LogP contribution in [0.3, 0.4) is 0 Å². The van der Waals surface area contributed by atoms with E-state index in [1.54, 1.807) is 20.3 Å². The van der Waals surface area contributed by atoms with E-state index in [0.29, 0.717) is 24.3 Å². The van der Waals surface area contributed by atoms with Gasteiger partial charge in [0, 0.05) is 12.6 Å². The molecule has 102 valence electrons. The molecular formula is C12H22N4O2. The van der Waals surface area contributed by atoms with Crippen molar-refractivity contribution in [3.8, 4) is 11.8 Å². The van der Waals surface area contributed by atoms with Crippen molar-refractivity contribution < 1.29 is 9.47 Å². The van der Waals surface area contributed by atoms with Gasteiger partial charge in [-0.15, -0.1) is 0 Å². The minimum Gasteiger partial charge on any atom is -0.481 e. The molecule has 1 atom stereocenters. The Kier molecular flexibility index (Phi) is 6.21. The third-order valence-corrected chi connectivity index (χ3v) is 2.62. The van der Waals surface area contributed by atoms with Gasteiger partial charge in [0.1, 0.15) is 0 Å². The van der Waals surface area contributed by atoms with Gasteiger partial charge in [0.25, 0.3) is 0 Å². The molecule has 18 heavy (non-hydrogen) atoms. The van der Waals surface area contributed by atoms with Crippen molar-refractivity contribution >= 4 is 5.95 Å². The average Bonchev–Trinajstić information content (AvgIpc) is 2.42. The van der Waals surface area contributed by atoms with Crippen molar-refractivity contribution in [2.45, 2.75) is 32.2 Å². The second-order valence-corrected chi connectivity index (χ2v) is 4.00. The molecule has 1 unspecified atom stereocenters. The topological polar surface area (TPSA) is 82.3 Å². The van der Waals surface area contributed by atoms with Crippen LogP contribution in [-0.4, -0.2) is 36.8 Å². The second kappa shape index (κ2) is 7.71. The largest absolute Gasteiger partial charge is 0.481 e. The quantitative estimate of drug-likeness (QED) is 0.730. The molecule has 6 nitrogen and oxygen atoms in total. The summed E-state index contributed by atoms with van der Waals surface area (Å²) in [6.45, 7) is 2.70. The zero-order valence-electron chi connectivity index (χ0n) is 11.3.